The normalized spacial score (nSPS) is 35.4. The highest BCUT2D eigenvalue weighted by molar-refractivity contribution is 9.10. The van der Waals surface area contributed by atoms with E-state index in [0.29, 0.717) is 0 Å². The van der Waals surface area contributed by atoms with Crippen molar-refractivity contribution >= 4 is 28.1 Å². The molecular formula is C19H23BrN2O. The van der Waals surface area contributed by atoms with Crippen molar-refractivity contribution in [3.63, 3.8) is 0 Å². The molecule has 0 radical (unpaired) electrons. The fourth-order valence-corrected chi connectivity index (χ4v) is 5.57. The Hall–Kier alpha value is -1.16. The highest BCUT2D eigenvalue weighted by Crippen LogP contribution is 2.57. The van der Waals surface area contributed by atoms with Crippen LogP contribution in [0.2, 0.25) is 0 Å². The van der Waals surface area contributed by atoms with Crippen LogP contribution in [0.4, 0.5) is 0 Å². The first kappa shape index (κ1) is 15.4. The van der Waals surface area contributed by atoms with Crippen molar-refractivity contribution in [2.24, 2.45) is 28.3 Å². The van der Waals surface area contributed by atoms with Crippen LogP contribution in [0.5, 0.6) is 0 Å². The third kappa shape index (κ3) is 3.10. The molecule has 4 aliphatic rings. The van der Waals surface area contributed by atoms with Gasteiger partial charge in [0.25, 0.3) is 0 Å². The predicted molar refractivity (Wildman–Crippen MR) is 95.1 cm³/mol. The first-order valence-corrected chi connectivity index (χ1v) is 9.51. The number of nitrogens with one attached hydrogen (secondary N) is 1. The molecule has 4 aliphatic carbocycles. The van der Waals surface area contributed by atoms with Crippen LogP contribution in [-0.4, -0.2) is 12.1 Å². The van der Waals surface area contributed by atoms with Crippen LogP contribution in [0.25, 0.3) is 0 Å². The molecule has 4 bridgehead atoms. The molecule has 4 saturated carbocycles. The third-order valence-corrected chi connectivity index (χ3v) is 6.61. The number of amides is 1. The van der Waals surface area contributed by atoms with Crippen LogP contribution in [-0.2, 0) is 4.79 Å². The molecule has 122 valence electrons. The molecule has 0 spiro atoms. The molecule has 1 aromatic rings. The molecule has 1 N–H and O–H groups in total. The summed E-state index contributed by atoms with van der Waals surface area (Å²) in [6, 6.07) is 7.92. The zero-order valence-corrected chi connectivity index (χ0v) is 14.9. The van der Waals surface area contributed by atoms with Gasteiger partial charge in [0.05, 0.1) is 11.6 Å². The van der Waals surface area contributed by atoms with Gasteiger partial charge in [-0.3, -0.25) is 4.79 Å². The van der Waals surface area contributed by atoms with Gasteiger partial charge >= 0.3 is 0 Å². The Kier molecular flexibility index (Phi) is 4.04. The standard InChI is InChI=1S/C19H23BrN2O/c20-17-5-3-13(4-6-17)12-21-22-18(23)19-9-14-1-2-15(10-19)8-16(7-14)11-19/h3-6,12,14-16H,1-2,7-11H2,(H,22,23)/b21-12-/t14-,15-,16?,19?/m0/s1. The van der Waals surface area contributed by atoms with Crippen LogP contribution in [0.15, 0.2) is 33.8 Å². The van der Waals surface area contributed by atoms with Gasteiger partial charge in [0.2, 0.25) is 5.91 Å². The van der Waals surface area contributed by atoms with Crippen molar-refractivity contribution in [1.29, 1.82) is 0 Å². The summed E-state index contributed by atoms with van der Waals surface area (Å²) in [6.45, 7) is 0. The number of hydrogen-bond donors (Lipinski definition) is 1. The van der Waals surface area contributed by atoms with Gasteiger partial charge in [-0.1, -0.05) is 40.9 Å². The van der Waals surface area contributed by atoms with Crippen molar-refractivity contribution in [2.75, 3.05) is 0 Å². The topological polar surface area (TPSA) is 41.5 Å². The van der Waals surface area contributed by atoms with E-state index in [1.54, 1.807) is 6.21 Å². The average molecular weight is 375 g/mol. The van der Waals surface area contributed by atoms with Crippen LogP contribution in [0, 0.1) is 23.2 Å². The molecule has 1 amide bonds. The summed E-state index contributed by atoms with van der Waals surface area (Å²) in [4.78, 5) is 12.9. The van der Waals surface area contributed by atoms with E-state index in [1.807, 2.05) is 24.3 Å². The van der Waals surface area contributed by atoms with Gasteiger partial charge in [-0.05, 0) is 67.6 Å². The van der Waals surface area contributed by atoms with E-state index in [9.17, 15) is 4.79 Å². The fourth-order valence-electron chi connectivity index (χ4n) is 5.30. The highest BCUT2D eigenvalue weighted by atomic mass is 79.9. The van der Waals surface area contributed by atoms with E-state index in [-0.39, 0.29) is 11.3 Å². The number of hydrogen-bond acceptors (Lipinski definition) is 2. The molecule has 23 heavy (non-hydrogen) atoms. The second-order valence-corrected chi connectivity index (χ2v) is 8.71. The molecule has 0 aliphatic heterocycles. The molecule has 4 fully saturated rings. The SMILES string of the molecule is O=C(N/N=C\c1ccc(Br)cc1)C12CC3C[C@H](CC[C@@H](C3)C1)C2. The monoisotopic (exact) mass is 374 g/mol. The lowest BCUT2D eigenvalue weighted by atomic mass is 9.58. The maximum Gasteiger partial charge on any atom is 0.246 e. The van der Waals surface area contributed by atoms with Gasteiger partial charge in [0, 0.05) is 4.47 Å². The Morgan fingerprint density at radius 3 is 2.35 bits per heavy atom. The number of carbonyl (C=O) groups excluding carboxylic acids is 1. The largest absolute Gasteiger partial charge is 0.273 e. The summed E-state index contributed by atoms with van der Waals surface area (Å²) in [6.07, 6.45) is 10.4. The lowest BCUT2D eigenvalue weighted by Gasteiger charge is -2.46. The van der Waals surface area contributed by atoms with Crippen molar-refractivity contribution in [3.8, 4) is 0 Å². The molecule has 0 heterocycles. The van der Waals surface area contributed by atoms with Crippen LogP contribution in [0.3, 0.4) is 0 Å². The summed E-state index contributed by atoms with van der Waals surface area (Å²) in [5.74, 6) is 2.47. The number of halogens is 1. The van der Waals surface area contributed by atoms with E-state index >= 15 is 0 Å². The first-order chi connectivity index (χ1) is 11.1. The van der Waals surface area contributed by atoms with E-state index in [1.165, 1.54) is 25.7 Å². The Bertz CT molecular complexity index is 609. The number of rotatable bonds is 3. The summed E-state index contributed by atoms with van der Waals surface area (Å²) in [5, 5.41) is 4.22. The molecule has 5 rings (SSSR count). The molecule has 2 atom stereocenters. The lowest BCUT2D eigenvalue weighted by Crippen LogP contribution is -2.47. The van der Waals surface area contributed by atoms with Crippen LogP contribution < -0.4 is 5.43 Å². The summed E-state index contributed by atoms with van der Waals surface area (Å²) < 4.78 is 1.04. The molecule has 4 heteroatoms. The Morgan fingerprint density at radius 2 is 1.70 bits per heavy atom. The molecule has 1 aromatic carbocycles. The van der Waals surface area contributed by atoms with E-state index < -0.39 is 0 Å². The van der Waals surface area contributed by atoms with Gasteiger partial charge in [0.15, 0.2) is 0 Å². The Balaban J connectivity index is 1.45. The van der Waals surface area contributed by atoms with Crippen molar-refractivity contribution < 1.29 is 4.79 Å². The van der Waals surface area contributed by atoms with Gasteiger partial charge in [-0.2, -0.15) is 5.10 Å². The highest BCUT2D eigenvalue weighted by Gasteiger charge is 2.52. The van der Waals surface area contributed by atoms with Crippen molar-refractivity contribution in [1.82, 2.24) is 5.43 Å². The minimum atomic E-state index is -0.135. The second kappa shape index (κ2) is 6.04. The number of carbonyl (C=O) groups is 1. The smallest absolute Gasteiger partial charge is 0.246 e. The number of nitrogens with zero attached hydrogens (tertiary/aromatic N) is 1. The summed E-state index contributed by atoms with van der Waals surface area (Å²) in [7, 11) is 0. The zero-order chi connectivity index (χ0) is 15.9. The maximum atomic E-state index is 12.9. The number of fused-ring (bicyclic) bond motifs is 1. The van der Waals surface area contributed by atoms with Crippen LogP contribution in [0.1, 0.15) is 50.5 Å². The zero-order valence-electron chi connectivity index (χ0n) is 13.3. The minimum absolute atomic E-state index is 0.135. The summed E-state index contributed by atoms with van der Waals surface area (Å²) in [5.41, 5.74) is 3.71. The fraction of sp³-hybridized carbons (Fsp3) is 0.579. The molecular weight excluding hydrogens is 352 g/mol. The van der Waals surface area contributed by atoms with E-state index in [0.717, 1.165) is 47.1 Å². The average Bonchev–Trinajstić information content (AvgIpc) is 2.75. The predicted octanol–water partition coefficient (Wildman–Crippen LogP) is 4.51. The Labute approximate surface area is 146 Å². The molecule has 3 nitrogen and oxygen atoms in total. The van der Waals surface area contributed by atoms with Gasteiger partial charge in [0.1, 0.15) is 0 Å². The molecule has 0 aromatic heterocycles. The number of hydrazone groups is 1. The third-order valence-electron chi connectivity index (χ3n) is 6.09. The van der Waals surface area contributed by atoms with Gasteiger partial charge in [-0.15, -0.1) is 0 Å². The first-order valence-electron chi connectivity index (χ1n) is 8.72. The maximum absolute atomic E-state index is 12.9. The van der Waals surface area contributed by atoms with Gasteiger partial charge in [-0.25, -0.2) is 5.43 Å². The van der Waals surface area contributed by atoms with Crippen LogP contribution >= 0.6 is 15.9 Å². The second-order valence-electron chi connectivity index (χ2n) is 7.79. The van der Waals surface area contributed by atoms with E-state index in [2.05, 4.69) is 26.5 Å². The molecule has 0 saturated heterocycles. The molecule has 0 unspecified atom stereocenters. The number of benzene rings is 1. The lowest BCUT2D eigenvalue weighted by molar-refractivity contribution is -0.138. The minimum Gasteiger partial charge on any atom is -0.273 e. The van der Waals surface area contributed by atoms with Crippen molar-refractivity contribution in [2.45, 2.75) is 44.9 Å². The van der Waals surface area contributed by atoms with Crippen molar-refractivity contribution in [3.05, 3.63) is 34.3 Å². The van der Waals surface area contributed by atoms with Gasteiger partial charge < -0.3 is 0 Å². The van der Waals surface area contributed by atoms with E-state index in [4.69, 9.17) is 0 Å². The Morgan fingerprint density at radius 1 is 1.09 bits per heavy atom. The summed E-state index contributed by atoms with van der Waals surface area (Å²) >= 11 is 3.42. The quantitative estimate of drug-likeness (QED) is 0.613.